The zero-order valence-corrected chi connectivity index (χ0v) is 13.2. The second kappa shape index (κ2) is 7.56. The summed E-state index contributed by atoms with van der Waals surface area (Å²) in [6.07, 6.45) is 0.905. The van der Waals surface area contributed by atoms with Crippen LogP contribution in [0.4, 0.5) is 0 Å². The second-order valence-electron chi connectivity index (χ2n) is 5.99. The summed E-state index contributed by atoms with van der Waals surface area (Å²) in [5, 5.41) is 9.78. The number of ether oxygens (including phenoxy) is 1. The minimum atomic E-state index is -0.143. The average Bonchev–Trinajstić information content (AvgIpc) is 2.93. The molecule has 0 radical (unpaired) electrons. The smallest absolute Gasteiger partial charge is 0.271 e. The van der Waals surface area contributed by atoms with E-state index in [-0.39, 0.29) is 12.0 Å². The molecule has 2 N–H and O–H groups in total. The lowest BCUT2D eigenvalue weighted by Gasteiger charge is -2.33. The molecular weight excluding hydrogens is 268 g/mol. The van der Waals surface area contributed by atoms with Crippen molar-refractivity contribution in [3.63, 3.8) is 0 Å². The summed E-state index contributed by atoms with van der Waals surface area (Å²) in [5.74, 6) is 0.505. The molecule has 2 heterocycles. The minimum Gasteiger partial charge on any atom is -0.374 e. The van der Waals surface area contributed by atoms with E-state index in [1.807, 2.05) is 6.92 Å². The normalized spacial score (nSPS) is 19.9. The van der Waals surface area contributed by atoms with Crippen LogP contribution < -0.4 is 5.32 Å². The first-order valence-electron chi connectivity index (χ1n) is 7.75. The van der Waals surface area contributed by atoms with Crippen molar-refractivity contribution in [2.45, 2.75) is 33.3 Å². The molecule has 1 aromatic heterocycles. The number of hydrogen-bond acceptors (Lipinski definition) is 4. The van der Waals surface area contributed by atoms with Crippen LogP contribution in [0.3, 0.4) is 0 Å². The molecule has 1 unspecified atom stereocenters. The lowest BCUT2D eigenvalue weighted by atomic mass is 10.2. The molecule has 6 nitrogen and oxygen atoms in total. The van der Waals surface area contributed by atoms with Gasteiger partial charge in [-0.1, -0.05) is 20.8 Å². The van der Waals surface area contributed by atoms with Gasteiger partial charge in [0.2, 0.25) is 0 Å². The SMILES string of the molecule is CCc1cc(C(=O)NCC2CN(CC(C)C)CCO2)n[nH]1. The molecule has 21 heavy (non-hydrogen) atoms. The summed E-state index contributed by atoms with van der Waals surface area (Å²) < 4.78 is 5.72. The largest absolute Gasteiger partial charge is 0.374 e. The van der Waals surface area contributed by atoms with Crippen molar-refractivity contribution in [1.82, 2.24) is 20.4 Å². The molecule has 1 aliphatic rings. The molecule has 1 amide bonds. The molecule has 1 atom stereocenters. The van der Waals surface area contributed by atoms with Crippen LogP contribution in [-0.2, 0) is 11.2 Å². The zero-order valence-electron chi connectivity index (χ0n) is 13.2. The van der Waals surface area contributed by atoms with E-state index in [2.05, 4.69) is 34.3 Å². The van der Waals surface area contributed by atoms with E-state index in [9.17, 15) is 4.79 Å². The fraction of sp³-hybridized carbons (Fsp3) is 0.733. The Labute approximate surface area is 126 Å². The van der Waals surface area contributed by atoms with Gasteiger partial charge in [0, 0.05) is 31.9 Å². The van der Waals surface area contributed by atoms with E-state index in [0.29, 0.717) is 18.2 Å². The van der Waals surface area contributed by atoms with Crippen molar-refractivity contribution in [2.24, 2.45) is 5.92 Å². The van der Waals surface area contributed by atoms with Crippen LogP contribution in [0.5, 0.6) is 0 Å². The van der Waals surface area contributed by atoms with Gasteiger partial charge in [0.1, 0.15) is 5.69 Å². The maximum absolute atomic E-state index is 12.0. The minimum absolute atomic E-state index is 0.0611. The Bertz CT molecular complexity index is 458. The van der Waals surface area contributed by atoms with Crippen molar-refractivity contribution < 1.29 is 9.53 Å². The van der Waals surface area contributed by atoms with Gasteiger partial charge in [-0.25, -0.2) is 0 Å². The molecule has 1 saturated heterocycles. The highest BCUT2D eigenvalue weighted by molar-refractivity contribution is 5.92. The molecule has 0 bridgehead atoms. The van der Waals surface area contributed by atoms with E-state index in [1.54, 1.807) is 6.07 Å². The van der Waals surface area contributed by atoms with Crippen LogP contribution in [0.2, 0.25) is 0 Å². The summed E-state index contributed by atoms with van der Waals surface area (Å²) in [4.78, 5) is 14.4. The number of nitrogens with one attached hydrogen (secondary N) is 2. The van der Waals surface area contributed by atoms with Crippen LogP contribution in [0.25, 0.3) is 0 Å². The maximum Gasteiger partial charge on any atom is 0.271 e. The molecule has 2 rings (SSSR count). The highest BCUT2D eigenvalue weighted by Gasteiger charge is 2.22. The van der Waals surface area contributed by atoms with Gasteiger partial charge in [-0.3, -0.25) is 14.8 Å². The number of amides is 1. The molecule has 1 aromatic rings. The van der Waals surface area contributed by atoms with Crippen molar-refractivity contribution in [2.75, 3.05) is 32.8 Å². The van der Waals surface area contributed by atoms with Crippen LogP contribution in [0, 0.1) is 5.92 Å². The number of rotatable bonds is 6. The number of aryl methyl sites for hydroxylation is 1. The molecule has 118 valence electrons. The zero-order chi connectivity index (χ0) is 15.2. The molecule has 0 aromatic carbocycles. The Balaban J connectivity index is 1.78. The van der Waals surface area contributed by atoms with Gasteiger partial charge in [0.25, 0.3) is 5.91 Å². The number of aromatic nitrogens is 2. The quantitative estimate of drug-likeness (QED) is 0.823. The van der Waals surface area contributed by atoms with Crippen LogP contribution in [-0.4, -0.2) is 59.9 Å². The third-order valence-corrected chi connectivity index (χ3v) is 3.58. The Hall–Kier alpha value is -1.40. The fourth-order valence-corrected chi connectivity index (χ4v) is 2.54. The predicted octanol–water partition coefficient (Wildman–Crippen LogP) is 1.06. The molecule has 0 spiro atoms. The summed E-state index contributed by atoms with van der Waals surface area (Å²) in [6.45, 7) is 10.6. The van der Waals surface area contributed by atoms with Gasteiger partial charge in [-0.2, -0.15) is 5.10 Å². The monoisotopic (exact) mass is 294 g/mol. The first kappa shape index (κ1) is 16.0. The lowest BCUT2D eigenvalue weighted by molar-refractivity contribution is -0.0295. The van der Waals surface area contributed by atoms with Gasteiger partial charge >= 0.3 is 0 Å². The topological polar surface area (TPSA) is 70.2 Å². The number of carbonyl (C=O) groups excluding carboxylic acids is 1. The van der Waals surface area contributed by atoms with Crippen molar-refractivity contribution >= 4 is 5.91 Å². The molecule has 0 aliphatic carbocycles. The van der Waals surface area contributed by atoms with Gasteiger partial charge in [-0.05, 0) is 18.4 Å². The predicted molar refractivity (Wildman–Crippen MR) is 81.3 cm³/mol. The second-order valence-corrected chi connectivity index (χ2v) is 5.99. The Morgan fingerprint density at radius 1 is 1.62 bits per heavy atom. The Morgan fingerprint density at radius 3 is 3.10 bits per heavy atom. The summed E-state index contributed by atoms with van der Waals surface area (Å²) in [6, 6.07) is 1.79. The number of morpholine rings is 1. The molecule has 6 heteroatoms. The standard InChI is InChI=1S/C15H26N4O2/c1-4-12-7-14(18-17-12)15(20)16-8-13-10-19(5-6-21-13)9-11(2)3/h7,11,13H,4-6,8-10H2,1-3H3,(H,16,20)(H,17,18). The van der Waals surface area contributed by atoms with Crippen LogP contribution in [0.1, 0.15) is 37.0 Å². The Morgan fingerprint density at radius 2 is 2.43 bits per heavy atom. The third-order valence-electron chi connectivity index (χ3n) is 3.58. The van der Waals surface area contributed by atoms with Gasteiger partial charge in [-0.15, -0.1) is 0 Å². The summed E-state index contributed by atoms with van der Waals surface area (Å²) >= 11 is 0. The van der Waals surface area contributed by atoms with Crippen LogP contribution in [0.15, 0.2) is 6.07 Å². The number of aromatic amines is 1. The van der Waals surface area contributed by atoms with E-state index in [4.69, 9.17) is 4.74 Å². The van der Waals surface area contributed by atoms with E-state index < -0.39 is 0 Å². The highest BCUT2D eigenvalue weighted by Crippen LogP contribution is 2.08. The van der Waals surface area contributed by atoms with Crippen molar-refractivity contribution in [3.8, 4) is 0 Å². The lowest BCUT2D eigenvalue weighted by Crippen LogP contribution is -2.48. The van der Waals surface area contributed by atoms with E-state index in [1.165, 1.54) is 0 Å². The number of nitrogens with zero attached hydrogens (tertiary/aromatic N) is 2. The van der Waals surface area contributed by atoms with Crippen molar-refractivity contribution in [3.05, 3.63) is 17.5 Å². The number of carbonyl (C=O) groups is 1. The number of H-pyrrole nitrogens is 1. The highest BCUT2D eigenvalue weighted by atomic mass is 16.5. The molecule has 1 aliphatic heterocycles. The maximum atomic E-state index is 12.0. The van der Waals surface area contributed by atoms with Gasteiger partial charge < -0.3 is 10.1 Å². The van der Waals surface area contributed by atoms with Crippen molar-refractivity contribution in [1.29, 1.82) is 0 Å². The first-order chi connectivity index (χ1) is 10.1. The molecular formula is C15H26N4O2. The Kier molecular flexibility index (Phi) is 5.76. The van der Waals surface area contributed by atoms with Gasteiger partial charge in [0.15, 0.2) is 0 Å². The van der Waals surface area contributed by atoms with Gasteiger partial charge in [0.05, 0.1) is 12.7 Å². The fourth-order valence-electron chi connectivity index (χ4n) is 2.54. The van der Waals surface area contributed by atoms with E-state index in [0.717, 1.165) is 38.4 Å². The summed E-state index contributed by atoms with van der Waals surface area (Å²) in [5.41, 5.74) is 1.42. The van der Waals surface area contributed by atoms with Crippen LogP contribution >= 0.6 is 0 Å². The average molecular weight is 294 g/mol. The number of hydrogen-bond donors (Lipinski definition) is 2. The molecule has 1 fully saturated rings. The molecule has 0 saturated carbocycles. The third kappa shape index (κ3) is 4.82. The van der Waals surface area contributed by atoms with E-state index >= 15 is 0 Å². The first-order valence-corrected chi connectivity index (χ1v) is 7.75. The summed E-state index contributed by atoms with van der Waals surface area (Å²) in [7, 11) is 0.